The van der Waals surface area contributed by atoms with Gasteiger partial charge in [0, 0.05) is 12.2 Å². The number of carbonyl (C=O) groups excluding carboxylic acids is 3. The molecule has 0 bridgehead atoms. The Balaban J connectivity index is 1.61. The van der Waals surface area contributed by atoms with Crippen molar-refractivity contribution in [2.45, 2.75) is 25.9 Å². The van der Waals surface area contributed by atoms with E-state index < -0.39 is 29.7 Å². The Labute approximate surface area is 196 Å². The van der Waals surface area contributed by atoms with Gasteiger partial charge in [0.1, 0.15) is 17.6 Å². The number of methoxy groups -OCH3 is 1. The summed E-state index contributed by atoms with van der Waals surface area (Å²) in [5.74, 6) is -0.808. The number of hydrogen-bond donors (Lipinski definition) is 1. The van der Waals surface area contributed by atoms with Gasteiger partial charge in [-0.2, -0.15) is 0 Å². The van der Waals surface area contributed by atoms with Gasteiger partial charge < -0.3 is 15.0 Å². The minimum atomic E-state index is -1.01. The zero-order chi connectivity index (χ0) is 24.2. The van der Waals surface area contributed by atoms with E-state index in [1.54, 1.807) is 55.6 Å². The molecule has 1 atom stereocenters. The molecule has 34 heavy (non-hydrogen) atoms. The molecule has 1 saturated heterocycles. The number of ether oxygens (including phenoxy) is 1. The molecule has 1 aliphatic rings. The second-order valence-corrected chi connectivity index (χ2v) is 8.05. The van der Waals surface area contributed by atoms with E-state index in [0.29, 0.717) is 11.4 Å². The second-order valence-electron chi connectivity index (χ2n) is 8.05. The predicted octanol–water partition coefficient (Wildman–Crippen LogP) is 4.51. The molecule has 3 aromatic carbocycles. The molecule has 1 N–H and O–H groups in total. The molecule has 0 spiro atoms. The SMILES string of the molecule is COc1ccc(CN2C(=O)N(c3cccc(C)c3)C(=O)[C@@H]2CC(=O)Nc2cccc(F)c2)cc1. The average molecular weight is 461 g/mol. The van der Waals surface area contributed by atoms with E-state index in [0.717, 1.165) is 16.0 Å². The highest BCUT2D eigenvalue weighted by Gasteiger charge is 2.46. The van der Waals surface area contributed by atoms with Gasteiger partial charge in [0.05, 0.1) is 19.2 Å². The van der Waals surface area contributed by atoms with Crippen molar-refractivity contribution in [1.29, 1.82) is 0 Å². The number of aryl methyl sites for hydroxylation is 1. The molecule has 7 nitrogen and oxygen atoms in total. The lowest BCUT2D eigenvalue weighted by Gasteiger charge is -2.22. The number of nitrogens with zero attached hydrogens (tertiary/aromatic N) is 2. The topological polar surface area (TPSA) is 79.0 Å². The number of hydrogen-bond acceptors (Lipinski definition) is 4. The van der Waals surface area contributed by atoms with E-state index >= 15 is 0 Å². The number of urea groups is 1. The van der Waals surface area contributed by atoms with Crippen LogP contribution in [0.4, 0.5) is 20.6 Å². The molecule has 0 radical (unpaired) electrons. The maximum atomic E-state index is 13.5. The average Bonchev–Trinajstić information content (AvgIpc) is 3.03. The first kappa shape index (κ1) is 23.0. The summed E-state index contributed by atoms with van der Waals surface area (Å²) in [5, 5.41) is 2.60. The largest absolute Gasteiger partial charge is 0.497 e. The van der Waals surface area contributed by atoms with Crippen LogP contribution in [0.2, 0.25) is 0 Å². The van der Waals surface area contributed by atoms with Gasteiger partial charge in [-0.25, -0.2) is 14.1 Å². The summed E-state index contributed by atoms with van der Waals surface area (Å²) < 4.78 is 18.7. The number of amides is 4. The van der Waals surface area contributed by atoms with Gasteiger partial charge in [0.25, 0.3) is 5.91 Å². The van der Waals surface area contributed by atoms with E-state index in [-0.39, 0.29) is 18.7 Å². The molecule has 0 aliphatic carbocycles. The maximum absolute atomic E-state index is 13.5. The van der Waals surface area contributed by atoms with E-state index in [1.165, 1.54) is 23.1 Å². The first-order valence-corrected chi connectivity index (χ1v) is 10.8. The Morgan fingerprint density at radius 3 is 2.44 bits per heavy atom. The fourth-order valence-electron chi connectivity index (χ4n) is 3.90. The summed E-state index contributed by atoms with van der Waals surface area (Å²) >= 11 is 0. The highest BCUT2D eigenvalue weighted by Crippen LogP contribution is 2.29. The molecule has 0 saturated carbocycles. The number of benzene rings is 3. The van der Waals surface area contributed by atoms with Crippen LogP contribution in [0.15, 0.2) is 72.8 Å². The zero-order valence-corrected chi connectivity index (χ0v) is 18.8. The van der Waals surface area contributed by atoms with Gasteiger partial charge >= 0.3 is 6.03 Å². The lowest BCUT2D eigenvalue weighted by molar-refractivity contribution is -0.124. The lowest BCUT2D eigenvalue weighted by Crippen LogP contribution is -2.37. The van der Waals surface area contributed by atoms with Gasteiger partial charge in [0.2, 0.25) is 5.91 Å². The fourth-order valence-corrected chi connectivity index (χ4v) is 3.90. The van der Waals surface area contributed by atoms with Crippen LogP contribution < -0.4 is 15.0 Å². The number of anilines is 2. The first-order valence-electron chi connectivity index (χ1n) is 10.8. The predicted molar refractivity (Wildman–Crippen MR) is 126 cm³/mol. The Bertz CT molecular complexity index is 1230. The molecule has 174 valence electrons. The standard InChI is InChI=1S/C26H24FN3O4/c1-17-5-3-8-21(13-17)30-25(32)23(15-24(31)28-20-7-4-6-19(27)14-20)29(26(30)33)16-18-9-11-22(34-2)12-10-18/h3-14,23H,15-16H2,1-2H3,(H,28,31)/t23-/m0/s1. The highest BCUT2D eigenvalue weighted by atomic mass is 19.1. The molecule has 0 aromatic heterocycles. The molecular formula is C26H24FN3O4. The molecular weight excluding hydrogens is 437 g/mol. The molecule has 1 heterocycles. The third kappa shape index (κ3) is 4.91. The lowest BCUT2D eigenvalue weighted by atomic mass is 10.1. The van der Waals surface area contributed by atoms with Crippen LogP contribution >= 0.6 is 0 Å². The third-order valence-corrected chi connectivity index (χ3v) is 5.58. The van der Waals surface area contributed by atoms with Crippen molar-refractivity contribution >= 4 is 29.2 Å². The van der Waals surface area contributed by atoms with Gasteiger partial charge in [-0.3, -0.25) is 9.59 Å². The molecule has 1 aliphatic heterocycles. The summed E-state index contributed by atoms with van der Waals surface area (Å²) in [6.45, 7) is 2.00. The Morgan fingerprint density at radius 2 is 1.76 bits per heavy atom. The molecule has 3 aromatic rings. The summed E-state index contributed by atoms with van der Waals surface area (Å²) in [4.78, 5) is 42.0. The quantitative estimate of drug-likeness (QED) is 0.525. The van der Waals surface area contributed by atoms with Crippen LogP contribution in [-0.2, 0) is 16.1 Å². The molecule has 0 unspecified atom stereocenters. The van der Waals surface area contributed by atoms with Crippen LogP contribution in [0.5, 0.6) is 5.75 Å². The summed E-state index contributed by atoms with van der Waals surface area (Å²) in [6, 6.07) is 18.2. The summed E-state index contributed by atoms with van der Waals surface area (Å²) in [6.07, 6.45) is -0.264. The van der Waals surface area contributed by atoms with E-state index in [2.05, 4.69) is 5.32 Å². The fraction of sp³-hybridized carbons (Fsp3) is 0.192. The van der Waals surface area contributed by atoms with Crippen molar-refractivity contribution in [2.75, 3.05) is 17.3 Å². The molecule has 4 amide bonds. The Morgan fingerprint density at radius 1 is 1.03 bits per heavy atom. The van der Waals surface area contributed by atoms with Crippen LogP contribution in [0, 0.1) is 12.7 Å². The molecule has 1 fully saturated rings. The highest BCUT2D eigenvalue weighted by molar-refractivity contribution is 6.22. The normalized spacial score (nSPS) is 15.6. The van der Waals surface area contributed by atoms with Gasteiger partial charge in [-0.05, 0) is 60.5 Å². The van der Waals surface area contributed by atoms with Crippen LogP contribution in [0.1, 0.15) is 17.5 Å². The molecule has 8 heteroatoms. The van der Waals surface area contributed by atoms with Crippen LogP contribution in [-0.4, -0.2) is 35.9 Å². The minimum Gasteiger partial charge on any atom is -0.497 e. The van der Waals surface area contributed by atoms with Crippen molar-refractivity contribution in [3.8, 4) is 5.75 Å². The van der Waals surface area contributed by atoms with Gasteiger partial charge in [-0.1, -0.05) is 30.3 Å². The summed E-state index contributed by atoms with van der Waals surface area (Å²) in [5.41, 5.74) is 2.40. The monoisotopic (exact) mass is 461 g/mol. The minimum absolute atomic E-state index is 0.134. The van der Waals surface area contributed by atoms with Gasteiger partial charge in [0.15, 0.2) is 0 Å². The van der Waals surface area contributed by atoms with Crippen molar-refractivity contribution < 1.29 is 23.5 Å². The maximum Gasteiger partial charge on any atom is 0.332 e. The van der Waals surface area contributed by atoms with E-state index in [4.69, 9.17) is 4.74 Å². The van der Waals surface area contributed by atoms with E-state index in [9.17, 15) is 18.8 Å². The Hall–Kier alpha value is -4.20. The summed E-state index contributed by atoms with van der Waals surface area (Å²) in [7, 11) is 1.56. The van der Waals surface area contributed by atoms with Crippen LogP contribution in [0.3, 0.4) is 0 Å². The number of halogens is 1. The zero-order valence-electron chi connectivity index (χ0n) is 18.8. The number of rotatable bonds is 7. The first-order chi connectivity index (χ1) is 16.4. The smallest absolute Gasteiger partial charge is 0.332 e. The third-order valence-electron chi connectivity index (χ3n) is 5.58. The van der Waals surface area contributed by atoms with Crippen molar-refractivity contribution in [1.82, 2.24) is 4.90 Å². The van der Waals surface area contributed by atoms with Gasteiger partial charge in [-0.15, -0.1) is 0 Å². The van der Waals surface area contributed by atoms with Crippen molar-refractivity contribution in [2.24, 2.45) is 0 Å². The van der Waals surface area contributed by atoms with Crippen molar-refractivity contribution in [3.63, 3.8) is 0 Å². The van der Waals surface area contributed by atoms with E-state index in [1.807, 2.05) is 13.0 Å². The molecule has 4 rings (SSSR count). The number of carbonyl (C=O) groups is 3. The Kier molecular flexibility index (Phi) is 6.58. The number of imide groups is 1. The van der Waals surface area contributed by atoms with Crippen LogP contribution in [0.25, 0.3) is 0 Å². The number of nitrogens with one attached hydrogen (secondary N) is 1. The second kappa shape index (κ2) is 9.74. The van der Waals surface area contributed by atoms with Crippen molar-refractivity contribution in [3.05, 3.63) is 89.7 Å².